The number of benzene rings is 1. The quantitative estimate of drug-likeness (QED) is 0.722. The third kappa shape index (κ3) is 2.56. The predicted molar refractivity (Wildman–Crippen MR) is 65.1 cm³/mol. The van der Waals surface area contributed by atoms with Crippen molar-refractivity contribution < 1.29 is 17.9 Å². The monoisotopic (exact) mass is 279 g/mol. The molecule has 0 N–H and O–H groups in total. The smallest absolute Gasteiger partial charge is 0.406 e. The fraction of sp³-hybridized carbons (Fsp3) is 0.0769. The lowest BCUT2D eigenvalue weighted by molar-refractivity contribution is -0.274. The molecule has 0 saturated carbocycles. The number of aromatic nitrogens is 3. The first-order chi connectivity index (χ1) is 9.51. The van der Waals surface area contributed by atoms with Crippen LogP contribution in [0.5, 0.6) is 5.75 Å². The van der Waals surface area contributed by atoms with E-state index in [2.05, 4.69) is 14.7 Å². The molecule has 3 rings (SSSR count). The van der Waals surface area contributed by atoms with Crippen molar-refractivity contribution in [2.24, 2.45) is 0 Å². The van der Waals surface area contributed by atoms with Crippen molar-refractivity contribution in [3.8, 4) is 17.0 Å². The van der Waals surface area contributed by atoms with Gasteiger partial charge >= 0.3 is 6.36 Å². The maximum absolute atomic E-state index is 12.2. The van der Waals surface area contributed by atoms with Crippen LogP contribution in [0.15, 0.2) is 48.9 Å². The lowest BCUT2D eigenvalue weighted by atomic mass is 10.1. The summed E-state index contributed by atoms with van der Waals surface area (Å²) in [7, 11) is 0. The largest absolute Gasteiger partial charge is 0.573 e. The first kappa shape index (κ1) is 12.5. The van der Waals surface area contributed by atoms with Crippen LogP contribution in [0.1, 0.15) is 0 Å². The van der Waals surface area contributed by atoms with Crippen molar-refractivity contribution in [3.05, 3.63) is 48.9 Å². The Morgan fingerprint density at radius 2 is 2.00 bits per heavy atom. The molecule has 1 aromatic carbocycles. The van der Waals surface area contributed by atoms with Gasteiger partial charge in [-0.25, -0.2) is 9.97 Å². The number of hydrogen-bond donors (Lipinski definition) is 0. The average molecular weight is 279 g/mol. The lowest BCUT2D eigenvalue weighted by Crippen LogP contribution is -2.17. The molecule has 0 amide bonds. The van der Waals surface area contributed by atoms with Crippen LogP contribution >= 0.6 is 0 Å². The molecule has 0 aliphatic heterocycles. The number of halogens is 3. The Balaban J connectivity index is 1.99. The number of alkyl halides is 3. The third-order valence-electron chi connectivity index (χ3n) is 2.60. The molecule has 0 saturated heterocycles. The normalized spacial score (nSPS) is 11.8. The van der Waals surface area contributed by atoms with E-state index in [-0.39, 0.29) is 5.75 Å². The van der Waals surface area contributed by atoms with Gasteiger partial charge in [0.05, 0.1) is 5.69 Å². The minimum absolute atomic E-state index is 0.278. The Hall–Kier alpha value is -2.57. The van der Waals surface area contributed by atoms with Gasteiger partial charge in [-0.15, -0.1) is 13.2 Å². The fourth-order valence-electron chi connectivity index (χ4n) is 1.82. The summed E-state index contributed by atoms with van der Waals surface area (Å²) in [6.45, 7) is 0. The first-order valence-corrected chi connectivity index (χ1v) is 5.67. The molecule has 0 fully saturated rings. The minimum Gasteiger partial charge on any atom is -0.406 e. The van der Waals surface area contributed by atoms with Crippen LogP contribution in [0, 0.1) is 0 Å². The molecule has 0 bridgehead atoms. The topological polar surface area (TPSA) is 39.4 Å². The summed E-state index contributed by atoms with van der Waals surface area (Å²) in [5.41, 5.74) is 1.05. The standard InChI is InChI=1S/C13H8F3N3O/c14-13(15,16)20-10-4-1-3-9(7-10)11-8-19-6-2-5-17-12(19)18-11/h1-8H. The fourth-order valence-corrected chi connectivity index (χ4v) is 1.82. The molecule has 7 heteroatoms. The van der Waals surface area contributed by atoms with Gasteiger partial charge in [0.2, 0.25) is 5.78 Å². The van der Waals surface area contributed by atoms with E-state index < -0.39 is 6.36 Å². The van der Waals surface area contributed by atoms with Gasteiger partial charge in [-0.2, -0.15) is 0 Å². The summed E-state index contributed by atoms with van der Waals surface area (Å²) in [5.74, 6) is 0.199. The second-order valence-corrected chi connectivity index (χ2v) is 4.03. The summed E-state index contributed by atoms with van der Waals surface area (Å²) in [6.07, 6.45) is 0.332. The number of imidazole rings is 1. The van der Waals surface area contributed by atoms with Crippen LogP contribution in [-0.4, -0.2) is 20.7 Å². The van der Waals surface area contributed by atoms with E-state index in [0.717, 1.165) is 0 Å². The number of rotatable bonds is 2. The first-order valence-electron chi connectivity index (χ1n) is 5.67. The minimum atomic E-state index is -4.71. The number of ether oxygens (including phenoxy) is 1. The van der Waals surface area contributed by atoms with Gasteiger partial charge in [-0.05, 0) is 18.2 Å². The molecule has 4 nitrogen and oxygen atoms in total. The zero-order valence-corrected chi connectivity index (χ0v) is 10.0. The molecule has 0 radical (unpaired) electrons. The second-order valence-electron chi connectivity index (χ2n) is 4.03. The van der Waals surface area contributed by atoms with Crippen LogP contribution in [0.4, 0.5) is 13.2 Å². The van der Waals surface area contributed by atoms with Crippen LogP contribution in [0.2, 0.25) is 0 Å². The number of nitrogens with zero attached hydrogens (tertiary/aromatic N) is 3. The summed E-state index contributed by atoms with van der Waals surface area (Å²) in [6, 6.07) is 7.40. The maximum Gasteiger partial charge on any atom is 0.573 e. The lowest BCUT2D eigenvalue weighted by Gasteiger charge is -2.09. The van der Waals surface area contributed by atoms with Crippen LogP contribution in [-0.2, 0) is 0 Å². The van der Waals surface area contributed by atoms with Crippen molar-refractivity contribution in [1.82, 2.24) is 14.4 Å². The molecular weight excluding hydrogens is 271 g/mol. The molecule has 2 heterocycles. The van der Waals surface area contributed by atoms with Gasteiger partial charge in [0.25, 0.3) is 0 Å². The van der Waals surface area contributed by atoms with Crippen molar-refractivity contribution >= 4 is 5.78 Å². The zero-order valence-electron chi connectivity index (χ0n) is 10.0. The van der Waals surface area contributed by atoms with Gasteiger partial charge in [-0.1, -0.05) is 12.1 Å². The second kappa shape index (κ2) is 4.52. The highest BCUT2D eigenvalue weighted by Gasteiger charge is 2.31. The SMILES string of the molecule is FC(F)(F)Oc1cccc(-c2cn3cccnc3n2)c1. The van der Waals surface area contributed by atoms with E-state index in [0.29, 0.717) is 17.0 Å². The summed E-state index contributed by atoms with van der Waals surface area (Å²) >= 11 is 0. The van der Waals surface area contributed by atoms with E-state index >= 15 is 0 Å². The van der Waals surface area contributed by atoms with Crippen LogP contribution in [0.25, 0.3) is 17.0 Å². The van der Waals surface area contributed by atoms with Gasteiger partial charge in [0.15, 0.2) is 0 Å². The maximum atomic E-state index is 12.2. The van der Waals surface area contributed by atoms with E-state index in [1.54, 1.807) is 35.1 Å². The average Bonchev–Trinajstić information content (AvgIpc) is 2.80. The van der Waals surface area contributed by atoms with Gasteiger partial charge in [0.1, 0.15) is 5.75 Å². The van der Waals surface area contributed by atoms with Gasteiger partial charge in [0, 0.05) is 24.2 Å². The number of fused-ring (bicyclic) bond motifs is 1. The Labute approximate surface area is 111 Å². The Kier molecular flexibility index (Phi) is 2.81. The summed E-state index contributed by atoms with van der Waals surface area (Å²) < 4.78 is 42.1. The van der Waals surface area contributed by atoms with Crippen LogP contribution in [0.3, 0.4) is 0 Å². The van der Waals surface area contributed by atoms with Crippen LogP contribution < -0.4 is 4.74 Å². The van der Waals surface area contributed by atoms with Crippen molar-refractivity contribution in [1.29, 1.82) is 0 Å². The molecule has 2 aromatic heterocycles. The van der Waals surface area contributed by atoms with E-state index in [4.69, 9.17) is 0 Å². The Bertz CT molecular complexity index is 719. The van der Waals surface area contributed by atoms with Crippen molar-refractivity contribution in [2.75, 3.05) is 0 Å². The highest BCUT2D eigenvalue weighted by atomic mass is 19.4. The summed E-state index contributed by atoms with van der Waals surface area (Å²) in [4.78, 5) is 8.29. The molecule has 0 spiro atoms. The van der Waals surface area contributed by atoms with Gasteiger partial charge in [-0.3, -0.25) is 4.40 Å². The number of hydrogen-bond acceptors (Lipinski definition) is 3. The molecule has 0 aliphatic carbocycles. The molecule has 0 unspecified atom stereocenters. The van der Waals surface area contributed by atoms with E-state index in [1.807, 2.05) is 0 Å². The molecule has 0 aliphatic rings. The molecule has 20 heavy (non-hydrogen) atoms. The molecule has 0 atom stereocenters. The third-order valence-corrected chi connectivity index (χ3v) is 2.60. The van der Waals surface area contributed by atoms with E-state index in [9.17, 15) is 13.2 Å². The molecular formula is C13H8F3N3O. The predicted octanol–water partition coefficient (Wildman–Crippen LogP) is 3.29. The van der Waals surface area contributed by atoms with Crippen molar-refractivity contribution in [2.45, 2.75) is 6.36 Å². The van der Waals surface area contributed by atoms with E-state index in [1.165, 1.54) is 18.2 Å². The van der Waals surface area contributed by atoms with Crippen molar-refractivity contribution in [3.63, 3.8) is 0 Å². The zero-order chi connectivity index (χ0) is 14.2. The van der Waals surface area contributed by atoms with Gasteiger partial charge < -0.3 is 4.74 Å². The Morgan fingerprint density at radius 1 is 1.15 bits per heavy atom. The highest BCUT2D eigenvalue weighted by molar-refractivity contribution is 5.63. The highest BCUT2D eigenvalue weighted by Crippen LogP contribution is 2.27. The Morgan fingerprint density at radius 3 is 2.75 bits per heavy atom. The summed E-state index contributed by atoms with van der Waals surface area (Å²) in [5, 5.41) is 0. The molecule has 102 valence electrons. The molecule has 3 aromatic rings.